The maximum absolute atomic E-state index is 4.56. The van der Waals surface area contributed by atoms with Crippen LogP contribution in [0.3, 0.4) is 0 Å². The Morgan fingerprint density at radius 2 is 1.75 bits per heavy atom. The van der Waals surface area contributed by atoms with Gasteiger partial charge in [0.05, 0.1) is 12.9 Å². The molecule has 0 radical (unpaired) electrons. The third-order valence-corrected chi connectivity index (χ3v) is 0.348. The minimum atomic E-state index is 0.755. The molecule has 1 heteroatoms. The molecule has 0 atom stereocenters. The van der Waals surface area contributed by atoms with E-state index in [1.807, 2.05) is 6.92 Å². The number of allylic oxidation sites excluding steroid dienone is 2. The van der Waals surface area contributed by atoms with Gasteiger partial charge in [-0.1, -0.05) is 12.7 Å². The molecule has 0 fully saturated rings. The highest BCUT2D eigenvalue weighted by Crippen LogP contribution is 1.80. The minimum absolute atomic E-state index is 0.755. The number of hydrogen-bond donors (Lipinski definition) is 0. The zero-order valence-electron chi connectivity index (χ0n) is 5.90. The molecule has 8 heavy (non-hydrogen) atoms. The van der Waals surface area contributed by atoms with Crippen LogP contribution in [0.4, 0.5) is 0 Å². The Morgan fingerprint density at radius 1 is 1.62 bits per heavy atom. The number of methoxy groups -OCH3 is 1. The predicted octanol–water partition coefficient (Wildman–Crippen LogP) is 2.36. The van der Waals surface area contributed by atoms with E-state index < -0.39 is 0 Å². The molecule has 0 bridgehead atoms. The van der Waals surface area contributed by atoms with Gasteiger partial charge < -0.3 is 4.74 Å². The lowest BCUT2D eigenvalue weighted by atomic mass is 10.7. The molecule has 0 unspecified atom stereocenters. The minimum Gasteiger partial charge on any atom is -0.502 e. The van der Waals surface area contributed by atoms with Gasteiger partial charge in [0.1, 0.15) is 0 Å². The van der Waals surface area contributed by atoms with Crippen molar-refractivity contribution in [3.05, 3.63) is 25.0 Å². The Morgan fingerprint density at radius 3 is 1.75 bits per heavy atom. The molecule has 0 aliphatic heterocycles. The van der Waals surface area contributed by atoms with Crippen molar-refractivity contribution < 1.29 is 4.74 Å². The van der Waals surface area contributed by atoms with Crippen molar-refractivity contribution in [2.45, 2.75) is 13.8 Å². The van der Waals surface area contributed by atoms with E-state index in [2.05, 4.69) is 17.9 Å². The summed E-state index contributed by atoms with van der Waals surface area (Å²) in [5.74, 6) is 0.755. The number of hydrogen-bond acceptors (Lipinski definition) is 1. The van der Waals surface area contributed by atoms with E-state index in [1.54, 1.807) is 20.1 Å². The van der Waals surface area contributed by atoms with Gasteiger partial charge in [-0.15, -0.1) is 6.58 Å². The first-order chi connectivity index (χ1) is 3.68. The van der Waals surface area contributed by atoms with Crippen LogP contribution in [0.25, 0.3) is 0 Å². The maximum atomic E-state index is 4.56. The summed E-state index contributed by atoms with van der Waals surface area (Å²) in [5, 5.41) is 0. The molecule has 0 aromatic heterocycles. The fourth-order valence-electron chi connectivity index (χ4n) is 0. The third-order valence-electron chi connectivity index (χ3n) is 0.348. The van der Waals surface area contributed by atoms with Gasteiger partial charge in [0, 0.05) is 0 Å². The largest absolute Gasteiger partial charge is 0.502 e. The number of ether oxygens (including phenoxy) is 1. The predicted molar refractivity (Wildman–Crippen MR) is 37.7 cm³/mol. The highest BCUT2D eigenvalue weighted by Gasteiger charge is 1.65. The first kappa shape index (κ1) is 10.3. The molecule has 0 saturated carbocycles. The van der Waals surface area contributed by atoms with Crippen LogP contribution in [-0.2, 0) is 4.74 Å². The average Bonchev–Trinajstić information content (AvgIpc) is 1.69. The van der Waals surface area contributed by atoms with Gasteiger partial charge in [-0.3, -0.25) is 0 Å². The van der Waals surface area contributed by atoms with Crippen LogP contribution < -0.4 is 0 Å². The van der Waals surface area contributed by atoms with Crippen LogP contribution in [0.2, 0.25) is 0 Å². The quantitative estimate of drug-likeness (QED) is 0.375. The van der Waals surface area contributed by atoms with Gasteiger partial charge in [-0.05, 0) is 13.8 Å². The van der Waals surface area contributed by atoms with Gasteiger partial charge >= 0.3 is 0 Å². The summed E-state index contributed by atoms with van der Waals surface area (Å²) in [5.41, 5.74) is 0. The first-order valence-corrected chi connectivity index (χ1v) is 2.45. The van der Waals surface area contributed by atoms with Gasteiger partial charge in [0.15, 0.2) is 0 Å². The van der Waals surface area contributed by atoms with Crippen molar-refractivity contribution in [2.24, 2.45) is 0 Å². The molecule has 48 valence electrons. The van der Waals surface area contributed by atoms with Crippen molar-refractivity contribution >= 4 is 0 Å². The fraction of sp³-hybridized carbons (Fsp3) is 0.429. The van der Waals surface area contributed by atoms with Crippen molar-refractivity contribution in [3.63, 3.8) is 0 Å². The Bertz CT molecular complexity index is 64.8. The van der Waals surface area contributed by atoms with E-state index in [4.69, 9.17) is 0 Å². The van der Waals surface area contributed by atoms with Gasteiger partial charge in [0.25, 0.3) is 0 Å². The van der Waals surface area contributed by atoms with Crippen molar-refractivity contribution in [1.82, 2.24) is 0 Å². The Balaban J connectivity index is 0. The van der Waals surface area contributed by atoms with Crippen molar-refractivity contribution in [2.75, 3.05) is 7.11 Å². The van der Waals surface area contributed by atoms with E-state index in [-0.39, 0.29) is 0 Å². The van der Waals surface area contributed by atoms with Gasteiger partial charge in [-0.2, -0.15) is 0 Å². The van der Waals surface area contributed by atoms with E-state index >= 15 is 0 Å². The molecule has 0 aromatic rings. The average molecular weight is 114 g/mol. The first-order valence-electron chi connectivity index (χ1n) is 2.45. The molecule has 0 aliphatic carbocycles. The number of rotatable bonds is 1. The van der Waals surface area contributed by atoms with E-state index in [0.29, 0.717) is 0 Å². The normalized spacial score (nSPS) is 5.88. The topological polar surface area (TPSA) is 9.23 Å². The molecule has 0 aliphatic rings. The molecule has 1 nitrogen and oxygen atoms in total. The summed E-state index contributed by atoms with van der Waals surface area (Å²) in [4.78, 5) is 0. The van der Waals surface area contributed by atoms with Crippen molar-refractivity contribution in [3.8, 4) is 0 Å². The monoisotopic (exact) mass is 114 g/mol. The molecular formula is C7H14O. The maximum Gasteiger partial charge on any atom is 0.0853 e. The second-order valence-electron chi connectivity index (χ2n) is 1.31. The van der Waals surface area contributed by atoms with E-state index in [0.717, 1.165) is 5.76 Å². The smallest absolute Gasteiger partial charge is 0.0853 e. The summed E-state index contributed by atoms with van der Waals surface area (Å²) < 4.78 is 4.56. The Labute approximate surface area is 51.7 Å². The Kier molecular flexibility index (Phi) is 12.3. The summed E-state index contributed by atoms with van der Waals surface area (Å²) >= 11 is 0. The lowest BCUT2D eigenvalue weighted by Gasteiger charge is -1.88. The van der Waals surface area contributed by atoms with Gasteiger partial charge in [0.2, 0.25) is 0 Å². The molecule has 0 heterocycles. The summed E-state index contributed by atoms with van der Waals surface area (Å²) in [6, 6.07) is 0. The molecule has 0 N–H and O–H groups in total. The lowest BCUT2D eigenvalue weighted by Crippen LogP contribution is -1.70. The highest BCUT2D eigenvalue weighted by atomic mass is 16.5. The van der Waals surface area contributed by atoms with Crippen LogP contribution in [0, 0.1) is 0 Å². The Hall–Kier alpha value is -0.720. The van der Waals surface area contributed by atoms with Crippen LogP contribution in [-0.4, -0.2) is 7.11 Å². The summed E-state index contributed by atoms with van der Waals surface area (Å²) in [6.07, 6.45) is 1.75. The summed E-state index contributed by atoms with van der Waals surface area (Å²) in [6.45, 7) is 10.5. The second-order valence-corrected chi connectivity index (χ2v) is 1.31. The second kappa shape index (κ2) is 9.56. The summed E-state index contributed by atoms with van der Waals surface area (Å²) in [7, 11) is 1.60. The zero-order valence-corrected chi connectivity index (χ0v) is 5.90. The van der Waals surface area contributed by atoms with Crippen molar-refractivity contribution in [1.29, 1.82) is 0 Å². The molecule has 0 saturated heterocycles. The van der Waals surface area contributed by atoms with Crippen LogP contribution in [0.5, 0.6) is 0 Å². The van der Waals surface area contributed by atoms with E-state index in [9.17, 15) is 0 Å². The van der Waals surface area contributed by atoms with Crippen LogP contribution >= 0.6 is 0 Å². The van der Waals surface area contributed by atoms with E-state index in [1.165, 1.54) is 0 Å². The standard InChI is InChI=1S/C4H8O.C3H6/c1-4(2)5-3;1-3-2/h1H2,2-3H3;3H,1H2,2H3. The van der Waals surface area contributed by atoms with Crippen LogP contribution in [0.15, 0.2) is 25.0 Å². The molecular weight excluding hydrogens is 100 g/mol. The lowest BCUT2D eigenvalue weighted by molar-refractivity contribution is 0.295. The van der Waals surface area contributed by atoms with Gasteiger partial charge in [-0.25, -0.2) is 0 Å². The molecule has 0 spiro atoms. The molecule has 0 aromatic carbocycles. The third kappa shape index (κ3) is 59.0. The highest BCUT2D eigenvalue weighted by molar-refractivity contribution is 4.71. The van der Waals surface area contributed by atoms with Crippen LogP contribution in [0.1, 0.15) is 13.8 Å². The SMILES string of the molecule is C=C(C)OC.C=CC. The molecule has 0 amide bonds. The zero-order chi connectivity index (χ0) is 6.99. The fourth-order valence-corrected chi connectivity index (χ4v) is 0. The molecule has 0 rings (SSSR count).